The van der Waals surface area contributed by atoms with E-state index in [4.69, 9.17) is 0 Å². The highest BCUT2D eigenvalue weighted by Crippen LogP contribution is 2.31. The van der Waals surface area contributed by atoms with Crippen LogP contribution in [0.2, 0.25) is 0 Å². The Bertz CT molecular complexity index is 313. The van der Waals surface area contributed by atoms with Crippen molar-refractivity contribution in [3.63, 3.8) is 0 Å². The summed E-state index contributed by atoms with van der Waals surface area (Å²) in [5.74, 6) is 0.590. The van der Waals surface area contributed by atoms with E-state index in [0.29, 0.717) is 12.5 Å². The van der Waals surface area contributed by atoms with E-state index in [1.54, 1.807) is 0 Å². The van der Waals surface area contributed by atoms with Crippen molar-refractivity contribution in [1.29, 1.82) is 0 Å². The molecule has 0 aromatic carbocycles. The molecule has 0 bridgehead atoms. The van der Waals surface area contributed by atoms with Crippen LogP contribution in [0.5, 0.6) is 0 Å². The van der Waals surface area contributed by atoms with Crippen LogP contribution < -0.4 is 10.6 Å². The van der Waals surface area contributed by atoms with Gasteiger partial charge in [0.2, 0.25) is 5.91 Å². The smallest absolute Gasteiger partial charge is 0.240 e. The Morgan fingerprint density at radius 1 is 1.44 bits per heavy atom. The molecular formula is C14H26N2O2. The zero-order valence-corrected chi connectivity index (χ0v) is 11.6. The summed E-state index contributed by atoms with van der Waals surface area (Å²) in [6, 6.07) is 0. The number of aliphatic hydroxyl groups is 1. The molecule has 0 aromatic heterocycles. The molecule has 0 radical (unpaired) electrons. The average Bonchev–Trinajstić information content (AvgIpc) is 2.74. The second-order valence-corrected chi connectivity index (χ2v) is 6.47. The molecule has 1 aliphatic carbocycles. The first kappa shape index (κ1) is 13.8. The third-order valence-corrected chi connectivity index (χ3v) is 4.52. The average molecular weight is 254 g/mol. The number of carbonyl (C=O) groups excluding carboxylic acids is 1. The fraction of sp³-hybridized carbons (Fsp3) is 0.929. The van der Waals surface area contributed by atoms with Gasteiger partial charge in [0.1, 0.15) is 0 Å². The van der Waals surface area contributed by atoms with Gasteiger partial charge in [-0.15, -0.1) is 0 Å². The van der Waals surface area contributed by atoms with Gasteiger partial charge in [-0.3, -0.25) is 4.79 Å². The zero-order valence-electron chi connectivity index (χ0n) is 11.6. The van der Waals surface area contributed by atoms with E-state index >= 15 is 0 Å². The van der Waals surface area contributed by atoms with E-state index in [1.165, 1.54) is 6.42 Å². The highest BCUT2D eigenvalue weighted by Gasteiger charge is 2.38. The van der Waals surface area contributed by atoms with Gasteiger partial charge in [-0.2, -0.15) is 0 Å². The van der Waals surface area contributed by atoms with Crippen molar-refractivity contribution in [2.75, 3.05) is 13.1 Å². The molecule has 2 rings (SSSR count). The monoisotopic (exact) mass is 254 g/mol. The predicted molar refractivity (Wildman–Crippen MR) is 71.2 cm³/mol. The lowest BCUT2D eigenvalue weighted by Crippen LogP contribution is -2.55. The number of nitrogens with one attached hydrogen (secondary N) is 2. The van der Waals surface area contributed by atoms with Crippen LogP contribution in [0.15, 0.2) is 0 Å². The highest BCUT2D eigenvalue weighted by atomic mass is 16.3. The molecule has 1 heterocycles. The molecule has 3 unspecified atom stereocenters. The minimum absolute atomic E-state index is 0.0339. The van der Waals surface area contributed by atoms with Crippen molar-refractivity contribution in [3.05, 3.63) is 0 Å². The molecule has 4 nitrogen and oxygen atoms in total. The van der Waals surface area contributed by atoms with Crippen molar-refractivity contribution >= 4 is 5.91 Å². The van der Waals surface area contributed by atoms with Crippen LogP contribution in [0.1, 0.15) is 52.4 Å². The fourth-order valence-electron chi connectivity index (χ4n) is 3.32. The summed E-state index contributed by atoms with van der Waals surface area (Å²) in [6.45, 7) is 5.42. The normalized spacial score (nSPS) is 40.7. The molecule has 104 valence electrons. The first-order valence-electron chi connectivity index (χ1n) is 7.19. The molecule has 0 aromatic rings. The van der Waals surface area contributed by atoms with Gasteiger partial charge in [0, 0.05) is 6.54 Å². The van der Waals surface area contributed by atoms with E-state index in [0.717, 1.165) is 38.6 Å². The lowest BCUT2D eigenvalue weighted by atomic mass is 9.79. The van der Waals surface area contributed by atoms with E-state index in [2.05, 4.69) is 17.6 Å². The van der Waals surface area contributed by atoms with Gasteiger partial charge in [-0.1, -0.05) is 19.8 Å². The SMILES string of the molecule is CC1CCCC(O)(CNC(=O)C2(C)CCCN2)C1. The molecule has 4 heteroatoms. The number of carbonyl (C=O) groups is 1. The fourth-order valence-corrected chi connectivity index (χ4v) is 3.32. The van der Waals surface area contributed by atoms with Crippen LogP contribution in [0, 0.1) is 5.92 Å². The van der Waals surface area contributed by atoms with Crippen LogP contribution in [-0.2, 0) is 4.79 Å². The maximum atomic E-state index is 12.1. The Morgan fingerprint density at radius 2 is 2.22 bits per heavy atom. The summed E-state index contributed by atoms with van der Waals surface area (Å²) < 4.78 is 0. The quantitative estimate of drug-likeness (QED) is 0.709. The van der Waals surface area contributed by atoms with E-state index in [-0.39, 0.29) is 5.91 Å². The van der Waals surface area contributed by atoms with E-state index in [1.807, 2.05) is 6.92 Å². The van der Waals surface area contributed by atoms with Gasteiger partial charge in [-0.25, -0.2) is 0 Å². The maximum absolute atomic E-state index is 12.1. The predicted octanol–water partition coefficient (Wildman–Crippen LogP) is 1.19. The standard InChI is InChI=1S/C14H26N2O2/c1-11-5-3-7-14(18,9-11)10-15-12(17)13(2)6-4-8-16-13/h11,16,18H,3-10H2,1-2H3,(H,15,17). The number of hydrogen-bond acceptors (Lipinski definition) is 3. The molecule has 2 fully saturated rings. The molecule has 3 atom stereocenters. The number of hydrogen-bond donors (Lipinski definition) is 3. The molecule has 3 N–H and O–H groups in total. The molecule has 1 saturated carbocycles. The summed E-state index contributed by atoms with van der Waals surface area (Å²) in [5.41, 5.74) is -1.13. The Kier molecular flexibility index (Phi) is 3.97. The highest BCUT2D eigenvalue weighted by molar-refractivity contribution is 5.86. The Morgan fingerprint density at radius 3 is 2.83 bits per heavy atom. The second kappa shape index (κ2) is 5.17. The van der Waals surface area contributed by atoms with Crippen LogP contribution in [0.25, 0.3) is 0 Å². The first-order chi connectivity index (χ1) is 8.44. The van der Waals surface area contributed by atoms with Gasteiger partial charge in [0.25, 0.3) is 0 Å². The van der Waals surface area contributed by atoms with E-state index in [9.17, 15) is 9.90 Å². The Labute approximate surface area is 110 Å². The van der Waals surface area contributed by atoms with E-state index < -0.39 is 11.1 Å². The summed E-state index contributed by atoms with van der Waals surface area (Å²) in [4.78, 5) is 12.1. The Balaban J connectivity index is 1.85. The van der Waals surface area contributed by atoms with Crippen LogP contribution in [-0.4, -0.2) is 35.2 Å². The molecule has 1 aliphatic heterocycles. The third kappa shape index (κ3) is 3.04. The summed E-state index contributed by atoms with van der Waals surface area (Å²) in [6.07, 6.45) is 5.79. The lowest BCUT2D eigenvalue weighted by molar-refractivity contribution is -0.128. The second-order valence-electron chi connectivity index (χ2n) is 6.47. The molecule has 18 heavy (non-hydrogen) atoms. The summed E-state index contributed by atoms with van der Waals surface area (Å²) in [7, 11) is 0. The van der Waals surface area contributed by atoms with Gasteiger partial charge in [0.05, 0.1) is 11.1 Å². The van der Waals surface area contributed by atoms with Crippen LogP contribution in [0.4, 0.5) is 0 Å². The van der Waals surface area contributed by atoms with Crippen molar-refractivity contribution in [3.8, 4) is 0 Å². The van der Waals surface area contributed by atoms with Crippen LogP contribution in [0.3, 0.4) is 0 Å². The van der Waals surface area contributed by atoms with Gasteiger partial charge < -0.3 is 15.7 Å². The first-order valence-corrected chi connectivity index (χ1v) is 7.19. The van der Waals surface area contributed by atoms with Crippen LogP contribution >= 0.6 is 0 Å². The molecular weight excluding hydrogens is 228 g/mol. The van der Waals surface area contributed by atoms with Crippen molar-refractivity contribution in [2.45, 2.75) is 63.5 Å². The number of rotatable bonds is 3. The molecule has 1 amide bonds. The van der Waals surface area contributed by atoms with Crippen molar-refractivity contribution in [1.82, 2.24) is 10.6 Å². The lowest BCUT2D eigenvalue weighted by Gasteiger charge is -2.36. The van der Waals surface area contributed by atoms with Crippen molar-refractivity contribution in [2.24, 2.45) is 5.92 Å². The zero-order chi connectivity index (χ0) is 13.2. The number of amides is 1. The summed E-state index contributed by atoms with van der Waals surface area (Å²) in [5, 5.41) is 16.7. The summed E-state index contributed by atoms with van der Waals surface area (Å²) >= 11 is 0. The molecule has 1 saturated heterocycles. The maximum Gasteiger partial charge on any atom is 0.240 e. The van der Waals surface area contributed by atoms with Gasteiger partial charge in [-0.05, 0) is 45.1 Å². The largest absolute Gasteiger partial charge is 0.388 e. The topological polar surface area (TPSA) is 61.4 Å². The minimum atomic E-state index is -0.692. The van der Waals surface area contributed by atoms with Crippen molar-refractivity contribution < 1.29 is 9.90 Å². The Hall–Kier alpha value is -0.610. The minimum Gasteiger partial charge on any atom is -0.388 e. The van der Waals surface area contributed by atoms with Gasteiger partial charge >= 0.3 is 0 Å². The molecule has 0 spiro atoms. The molecule has 2 aliphatic rings. The third-order valence-electron chi connectivity index (χ3n) is 4.52. The van der Waals surface area contributed by atoms with Gasteiger partial charge in [0.15, 0.2) is 0 Å².